The zero-order valence-electron chi connectivity index (χ0n) is 11.1. The summed E-state index contributed by atoms with van der Waals surface area (Å²) in [5, 5.41) is 3.20. The maximum atomic E-state index is 10.5. The number of aryl methyl sites for hydroxylation is 1. The number of hydrogen-bond acceptors (Lipinski definition) is 5. The molecule has 19 heavy (non-hydrogen) atoms. The quantitative estimate of drug-likeness (QED) is 0.135. The van der Waals surface area contributed by atoms with Gasteiger partial charge in [0.15, 0.2) is 0 Å². The van der Waals surface area contributed by atoms with Gasteiger partial charge in [0.1, 0.15) is 0 Å². The van der Waals surface area contributed by atoms with Crippen LogP contribution in [0.4, 0.5) is 0 Å². The van der Waals surface area contributed by atoms with Crippen LogP contribution in [0.5, 0.6) is 0 Å². The third-order valence-electron chi connectivity index (χ3n) is 2.04. The highest BCUT2D eigenvalue weighted by molar-refractivity contribution is 7.85. The van der Waals surface area contributed by atoms with Crippen LogP contribution in [0.15, 0.2) is 34.3 Å². The second-order valence-electron chi connectivity index (χ2n) is 4.32. The third-order valence-corrected chi connectivity index (χ3v) is 2.91. The number of quaternary nitrogens is 1. The Bertz CT molecular complexity index is 531. The average molecular weight is 290 g/mol. The maximum absolute atomic E-state index is 10.5. The van der Waals surface area contributed by atoms with Crippen LogP contribution in [-0.2, 0) is 10.1 Å². The SMILES string of the molecule is C[N+](C)(N)/C(N)=N\N.Cc1ccc(S(=O)(=O)O)cc1. The molecule has 0 aliphatic carbocycles. The van der Waals surface area contributed by atoms with E-state index in [-0.39, 0.29) is 15.4 Å². The molecule has 0 heterocycles. The summed E-state index contributed by atoms with van der Waals surface area (Å²) in [6.45, 7) is 1.84. The molecule has 1 aromatic rings. The van der Waals surface area contributed by atoms with Crippen molar-refractivity contribution in [2.24, 2.45) is 22.5 Å². The van der Waals surface area contributed by atoms with Gasteiger partial charge in [0.2, 0.25) is 0 Å². The number of rotatable bonds is 1. The van der Waals surface area contributed by atoms with Crippen LogP contribution in [0.3, 0.4) is 0 Å². The van der Waals surface area contributed by atoms with Crippen molar-refractivity contribution >= 4 is 16.1 Å². The van der Waals surface area contributed by atoms with E-state index in [1.807, 2.05) is 6.92 Å². The molecule has 7 N–H and O–H groups in total. The second-order valence-corrected chi connectivity index (χ2v) is 5.74. The lowest BCUT2D eigenvalue weighted by molar-refractivity contribution is -0.813. The summed E-state index contributed by atoms with van der Waals surface area (Å²) >= 11 is 0. The molecule has 0 spiro atoms. The van der Waals surface area contributed by atoms with Crippen LogP contribution in [0, 0.1) is 6.92 Å². The van der Waals surface area contributed by atoms with Gasteiger partial charge in [-0.3, -0.25) is 4.55 Å². The Balaban J connectivity index is 0.000000362. The van der Waals surface area contributed by atoms with Gasteiger partial charge in [-0.05, 0) is 19.1 Å². The highest BCUT2D eigenvalue weighted by Crippen LogP contribution is 2.08. The molecule has 1 rings (SSSR count). The van der Waals surface area contributed by atoms with Gasteiger partial charge < -0.3 is 11.6 Å². The molecule has 0 aliphatic rings. The molecule has 0 aliphatic heterocycles. The van der Waals surface area contributed by atoms with Crippen molar-refractivity contribution in [2.75, 3.05) is 14.1 Å². The van der Waals surface area contributed by atoms with Crippen LogP contribution < -0.4 is 17.4 Å². The zero-order chi connectivity index (χ0) is 15.3. The Kier molecular flexibility index (Phi) is 5.90. The average Bonchev–Trinajstić information content (AvgIpc) is 2.27. The van der Waals surface area contributed by atoms with Gasteiger partial charge in [-0.15, -0.1) is 5.10 Å². The molecule has 0 fully saturated rings. The largest absolute Gasteiger partial charge is 0.335 e. The molecule has 8 nitrogen and oxygen atoms in total. The van der Waals surface area contributed by atoms with Crippen molar-refractivity contribution in [3.63, 3.8) is 0 Å². The van der Waals surface area contributed by atoms with E-state index in [1.54, 1.807) is 26.2 Å². The minimum atomic E-state index is -4.02. The molecule has 0 bridgehead atoms. The van der Waals surface area contributed by atoms with E-state index in [1.165, 1.54) is 12.1 Å². The van der Waals surface area contributed by atoms with Crippen LogP contribution in [-0.4, -0.2) is 37.6 Å². The molecule has 9 heteroatoms. The van der Waals surface area contributed by atoms with Crippen LogP contribution in [0.25, 0.3) is 0 Å². The van der Waals surface area contributed by atoms with Crippen molar-refractivity contribution in [1.29, 1.82) is 0 Å². The van der Waals surface area contributed by atoms with Gasteiger partial charge in [-0.25, -0.2) is 0 Å². The third kappa shape index (κ3) is 6.72. The van der Waals surface area contributed by atoms with Gasteiger partial charge in [0.05, 0.1) is 19.0 Å². The van der Waals surface area contributed by atoms with Gasteiger partial charge in [-0.2, -0.15) is 18.9 Å². The lowest BCUT2D eigenvalue weighted by Crippen LogP contribution is -2.56. The van der Waals surface area contributed by atoms with E-state index in [0.717, 1.165) is 5.56 Å². The maximum Gasteiger partial charge on any atom is 0.335 e. The van der Waals surface area contributed by atoms with Crippen molar-refractivity contribution < 1.29 is 17.6 Å². The topological polar surface area (TPSA) is 145 Å². The molecule has 0 amide bonds. The van der Waals surface area contributed by atoms with E-state index in [2.05, 4.69) is 5.10 Å². The summed E-state index contributed by atoms with van der Waals surface area (Å²) in [6.07, 6.45) is 0. The Morgan fingerprint density at radius 1 is 1.26 bits per heavy atom. The normalized spacial score (nSPS) is 12.6. The van der Waals surface area contributed by atoms with E-state index >= 15 is 0 Å². The predicted molar refractivity (Wildman–Crippen MR) is 73.1 cm³/mol. The highest BCUT2D eigenvalue weighted by Gasteiger charge is 2.13. The van der Waals surface area contributed by atoms with Gasteiger partial charge >= 0.3 is 5.96 Å². The highest BCUT2D eigenvalue weighted by atomic mass is 32.2. The number of hydrazone groups is 1. The first kappa shape index (κ1) is 17.3. The summed E-state index contributed by atoms with van der Waals surface area (Å²) < 4.78 is 29.5. The fourth-order valence-electron chi connectivity index (χ4n) is 0.859. The summed E-state index contributed by atoms with van der Waals surface area (Å²) in [5.41, 5.74) is 6.18. The standard InChI is InChI=1S/C7H8O3S.C3H12N5/c1-6-2-4-7(5-3-6)11(8,9)10;1-8(2,6)3(4)7-5/h2-5H,1H3,(H,8,9,10);5-6H2,1-2H3,(H2,4,7)/q;+1. The van der Waals surface area contributed by atoms with Crippen LogP contribution in [0.2, 0.25) is 0 Å². The fraction of sp³-hybridized carbons (Fsp3) is 0.300. The van der Waals surface area contributed by atoms with E-state index in [0.29, 0.717) is 0 Å². The Hall–Kier alpha value is -1.68. The molecule has 0 atom stereocenters. The molecule has 0 aromatic heterocycles. The molecule has 0 saturated heterocycles. The van der Waals surface area contributed by atoms with Crippen LogP contribution in [0.1, 0.15) is 5.56 Å². The summed E-state index contributed by atoms with van der Waals surface area (Å²) in [4.78, 5) is -0.0666. The van der Waals surface area contributed by atoms with Crippen molar-refractivity contribution in [2.45, 2.75) is 11.8 Å². The Labute approximate surface area is 112 Å². The minimum absolute atomic E-state index is 0.0174. The Morgan fingerprint density at radius 2 is 1.68 bits per heavy atom. The molecule has 0 saturated carbocycles. The number of guanidine groups is 1. The van der Waals surface area contributed by atoms with Crippen molar-refractivity contribution in [1.82, 2.24) is 0 Å². The molecule has 1 aromatic carbocycles. The number of nitrogens with zero attached hydrogens (tertiary/aromatic N) is 2. The summed E-state index contributed by atoms with van der Waals surface area (Å²) in [6, 6.07) is 5.99. The van der Waals surface area contributed by atoms with Gasteiger partial charge in [-0.1, -0.05) is 17.7 Å². The van der Waals surface area contributed by atoms with E-state index in [4.69, 9.17) is 22.0 Å². The molecular formula is C10H20N5O3S+. The van der Waals surface area contributed by atoms with Gasteiger partial charge in [0.25, 0.3) is 10.1 Å². The molecular weight excluding hydrogens is 270 g/mol. The Morgan fingerprint density at radius 3 is 1.89 bits per heavy atom. The smallest absolute Gasteiger partial charge is 0.335 e. The van der Waals surface area contributed by atoms with E-state index in [9.17, 15) is 8.42 Å². The monoisotopic (exact) mass is 290 g/mol. The first-order valence-electron chi connectivity index (χ1n) is 5.19. The number of hydrogen-bond donors (Lipinski definition) is 4. The van der Waals surface area contributed by atoms with Crippen molar-refractivity contribution in [3.05, 3.63) is 29.8 Å². The number of nitrogens with two attached hydrogens (primary N) is 3. The second kappa shape index (κ2) is 6.48. The summed E-state index contributed by atoms with van der Waals surface area (Å²) in [5.74, 6) is 10.4. The first-order valence-corrected chi connectivity index (χ1v) is 6.63. The molecule has 0 unspecified atom stereocenters. The zero-order valence-corrected chi connectivity index (χ0v) is 11.9. The van der Waals surface area contributed by atoms with Gasteiger partial charge in [0, 0.05) is 0 Å². The molecule has 108 valence electrons. The van der Waals surface area contributed by atoms with E-state index < -0.39 is 10.1 Å². The van der Waals surface area contributed by atoms with Crippen LogP contribution >= 0.6 is 0 Å². The van der Waals surface area contributed by atoms with Crippen molar-refractivity contribution in [3.8, 4) is 0 Å². The first-order chi connectivity index (χ1) is 8.48. The summed E-state index contributed by atoms with van der Waals surface area (Å²) in [7, 11) is -0.675. The lowest BCUT2D eigenvalue weighted by atomic mass is 10.2. The minimum Gasteiger partial charge on any atom is -0.335 e. The number of benzene rings is 1. The lowest BCUT2D eigenvalue weighted by Gasteiger charge is -2.18. The molecule has 0 radical (unpaired) electrons. The fourth-order valence-corrected chi connectivity index (χ4v) is 1.34. The predicted octanol–water partition coefficient (Wildman–Crippen LogP) is -0.633.